The first-order valence-electron chi connectivity index (χ1n) is 5.24. The van der Waals surface area contributed by atoms with Gasteiger partial charge in [-0.1, -0.05) is 0 Å². The van der Waals surface area contributed by atoms with Crippen LogP contribution in [0.4, 0.5) is 0 Å². The van der Waals surface area contributed by atoms with Crippen molar-refractivity contribution in [1.82, 2.24) is 0 Å². The summed E-state index contributed by atoms with van der Waals surface area (Å²) in [4.78, 5) is 0. The molecule has 0 aliphatic heterocycles. The van der Waals surface area contributed by atoms with Crippen LogP contribution in [0.1, 0.15) is 5.56 Å². The summed E-state index contributed by atoms with van der Waals surface area (Å²) in [6.07, 6.45) is -0.526. The van der Waals surface area contributed by atoms with Crippen molar-refractivity contribution in [2.45, 2.75) is 12.5 Å². The summed E-state index contributed by atoms with van der Waals surface area (Å²) in [6.45, 7) is -0.294. The van der Waals surface area contributed by atoms with E-state index in [1.54, 1.807) is 19.2 Å². The molecule has 17 heavy (non-hydrogen) atoms. The van der Waals surface area contributed by atoms with Gasteiger partial charge in [0.05, 0.1) is 34.0 Å². The molecule has 0 aromatic heterocycles. The van der Waals surface area contributed by atoms with Gasteiger partial charge in [0, 0.05) is 18.1 Å². The minimum atomic E-state index is -0.818. The van der Waals surface area contributed by atoms with Gasteiger partial charge in [0.2, 0.25) is 0 Å². The van der Waals surface area contributed by atoms with Crippen LogP contribution < -0.4 is 14.2 Å². The number of methoxy groups -OCH3 is 3. The zero-order valence-corrected chi connectivity index (χ0v) is 10.3. The lowest BCUT2D eigenvalue weighted by molar-refractivity contribution is 0.0949. The number of aliphatic hydroxyl groups excluding tert-OH is 2. The monoisotopic (exact) mass is 242 g/mol. The second-order valence-electron chi connectivity index (χ2n) is 3.56. The largest absolute Gasteiger partial charge is 0.496 e. The predicted octanol–water partition coefficient (Wildman–Crippen LogP) is 0.608. The van der Waals surface area contributed by atoms with Crippen LogP contribution >= 0.6 is 0 Å². The third-order valence-corrected chi connectivity index (χ3v) is 2.45. The van der Waals surface area contributed by atoms with Crippen molar-refractivity contribution in [1.29, 1.82) is 0 Å². The van der Waals surface area contributed by atoms with Gasteiger partial charge in [-0.25, -0.2) is 0 Å². The molecule has 0 spiro atoms. The fourth-order valence-corrected chi connectivity index (χ4v) is 1.57. The topological polar surface area (TPSA) is 68.2 Å². The summed E-state index contributed by atoms with van der Waals surface area (Å²) >= 11 is 0. The first kappa shape index (κ1) is 13.6. The summed E-state index contributed by atoms with van der Waals surface area (Å²) in [5.41, 5.74) is 0.756. The Balaban J connectivity index is 3.09. The Morgan fingerprint density at radius 2 is 1.53 bits per heavy atom. The number of hydrogen-bond acceptors (Lipinski definition) is 5. The maximum absolute atomic E-state index is 9.44. The van der Waals surface area contributed by atoms with Gasteiger partial charge >= 0.3 is 0 Å². The highest BCUT2D eigenvalue weighted by atomic mass is 16.5. The number of hydrogen-bond donors (Lipinski definition) is 2. The molecule has 5 heteroatoms. The van der Waals surface area contributed by atoms with Crippen LogP contribution in [0.15, 0.2) is 12.1 Å². The Bertz CT molecular complexity index is 364. The van der Waals surface area contributed by atoms with Gasteiger partial charge in [0.25, 0.3) is 0 Å². The molecule has 0 bridgehead atoms. The van der Waals surface area contributed by atoms with Crippen LogP contribution in [-0.2, 0) is 6.42 Å². The maximum atomic E-state index is 9.44. The molecule has 0 heterocycles. The van der Waals surface area contributed by atoms with Crippen molar-refractivity contribution in [2.75, 3.05) is 27.9 Å². The molecule has 1 rings (SSSR count). The molecule has 2 N–H and O–H groups in total. The lowest BCUT2D eigenvalue weighted by atomic mass is 10.1. The van der Waals surface area contributed by atoms with Crippen LogP contribution in [0, 0.1) is 0 Å². The Hall–Kier alpha value is -1.46. The minimum absolute atomic E-state index is 0.292. The fraction of sp³-hybridized carbons (Fsp3) is 0.500. The average Bonchev–Trinajstić information content (AvgIpc) is 2.37. The van der Waals surface area contributed by atoms with Crippen LogP contribution in [-0.4, -0.2) is 44.3 Å². The third-order valence-electron chi connectivity index (χ3n) is 2.45. The van der Waals surface area contributed by atoms with E-state index >= 15 is 0 Å². The average molecular weight is 242 g/mol. The summed E-state index contributed by atoms with van der Waals surface area (Å²) < 4.78 is 15.5. The van der Waals surface area contributed by atoms with Crippen LogP contribution in [0.2, 0.25) is 0 Å². The molecule has 0 radical (unpaired) electrons. The lowest BCUT2D eigenvalue weighted by Crippen LogP contribution is -2.15. The van der Waals surface area contributed by atoms with Crippen molar-refractivity contribution in [3.05, 3.63) is 17.7 Å². The Morgan fingerprint density at radius 1 is 1.00 bits per heavy atom. The third kappa shape index (κ3) is 3.25. The highest BCUT2D eigenvalue weighted by molar-refractivity contribution is 5.50. The quantitative estimate of drug-likeness (QED) is 0.765. The standard InChI is InChI=1S/C12H18O5/c1-15-10-6-12(17-3)11(16-2)5-8(10)4-9(14)7-13/h5-6,9,13-14H,4,7H2,1-3H3. The normalized spacial score (nSPS) is 12.1. The molecule has 1 atom stereocenters. The minimum Gasteiger partial charge on any atom is -0.496 e. The van der Waals surface area contributed by atoms with Crippen molar-refractivity contribution < 1.29 is 24.4 Å². The van der Waals surface area contributed by atoms with E-state index in [9.17, 15) is 5.11 Å². The summed E-state index contributed by atoms with van der Waals surface area (Å²) in [6, 6.07) is 3.43. The molecule has 5 nitrogen and oxygen atoms in total. The van der Waals surface area contributed by atoms with E-state index in [4.69, 9.17) is 19.3 Å². The first-order chi connectivity index (χ1) is 8.15. The van der Waals surface area contributed by atoms with Gasteiger partial charge in [-0.2, -0.15) is 0 Å². The van der Waals surface area contributed by atoms with E-state index in [-0.39, 0.29) is 6.61 Å². The van der Waals surface area contributed by atoms with E-state index in [0.717, 1.165) is 5.56 Å². The van der Waals surface area contributed by atoms with E-state index in [0.29, 0.717) is 23.7 Å². The van der Waals surface area contributed by atoms with Gasteiger partial charge in [-0.05, 0) is 6.07 Å². The zero-order valence-electron chi connectivity index (χ0n) is 10.3. The van der Waals surface area contributed by atoms with Crippen molar-refractivity contribution in [3.8, 4) is 17.2 Å². The molecule has 0 amide bonds. The van der Waals surface area contributed by atoms with E-state index in [2.05, 4.69) is 0 Å². The molecule has 1 aromatic carbocycles. The molecule has 96 valence electrons. The van der Waals surface area contributed by atoms with Crippen molar-refractivity contribution in [3.63, 3.8) is 0 Å². The molecule has 1 aromatic rings. The molecule has 1 unspecified atom stereocenters. The molecular formula is C12H18O5. The molecular weight excluding hydrogens is 224 g/mol. The summed E-state index contributed by atoms with van der Waals surface area (Å²) in [5.74, 6) is 1.72. The van der Waals surface area contributed by atoms with Crippen LogP contribution in [0.3, 0.4) is 0 Å². The van der Waals surface area contributed by atoms with Gasteiger partial charge in [0.1, 0.15) is 5.75 Å². The highest BCUT2D eigenvalue weighted by Crippen LogP contribution is 2.35. The van der Waals surface area contributed by atoms with E-state index in [1.807, 2.05) is 0 Å². The zero-order chi connectivity index (χ0) is 12.8. The summed E-state index contributed by atoms with van der Waals surface area (Å²) in [7, 11) is 4.62. The second kappa shape index (κ2) is 6.32. The van der Waals surface area contributed by atoms with Crippen LogP contribution in [0.25, 0.3) is 0 Å². The first-order valence-corrected chi connectivity index (χ1v) is 5.24. The Kier molecular flexibility index (Phi) is 5.06. The van der Waals surface area contributed by atoms with E-state index < -0.39 is 6.10 Å². The predicted molar refractivity (Wildman–Crippen MR) is 62.9 cm³/mol. The number of ether oxygens (including phenoxy) is 3. The maximum Gasteiger partial charge on any atom is 0.164 e. The number of rotatable bonds is 6. The molecule has 0 aliphatic carbocycles. The SMILES string of the molecule is COc1cc(OC)c(OC)cc1CC(O)CO. The molecule has 0 saturated carbocycles. The van der Waals surface area contributed by atoms with E-state index in [1.165, 1.54) is 14.2 Å². The second-order valence-corrected chi connectivity index (χ2v) is 3.56. The molecule has 0 aliphatic rings. The number of aliphatic hydroxyl groups is 2. The van der Waals surface area contributed by atoms with Crippen molar-refractivity contribution >= 4 is 0 Å². The van der Waals surface area contributed by atoms with Crippen molar-refractivity contribution in [2.24, 2.45) is 0 Å². The fourth-order valence-electron chi connectivity index (χ4n) is 1.57. The number of benzene rings is 1. The molecule has 0 saturated heterocycles. The highest BCUT2D eigenvalue weighted by Gasteiger charge is 2.14. The van der Waals surface area contributed by atoms with Gasteiger partial charge in [0.15, 0.2) is 11.5 Å². The van der Waals surface area contributed by atoms with Gasteiger partial charge < -0.3 is 24.4 Å². The summed E-state index contributed by atoms with van der Waals surface area (Å²) in [5, 5.41) is 18.3. The Labute approximate surface area is 101 Å². The lowest BCUT2D eigenvalue weighted by Gasteiger charge is -2.15. The smallest absolute Gasteiger partial charge is 0.164 e. The Morgan fingerprint density at radius 3 is 2.00 bits per heavy atom. The van der Waals surface area contributed by atoms with Gasteiger partial charge in [-0.3, -0.25) is 0 Å². The molecule has 0 fully saturated rings. The van der Waals surface area contributed by atoms with Gasteiger partial charge in [-0.15, -0.1) is 0 Å². The van der Waals surface area contributed by atoms with Crippen LogP contribution in [0.5, 0.6) is 17.2 Å².